The van der Waals surface area contributed by atoms with E-state index in [0.29, 0.717) is 5.02 Å². The van der Waals surface area contributed by atoms with Crippen molar-refractivity contribution in [2.24, 2.45) is 5.73 Å². The van der Waals surface area contributed by atoms with Crippen molar-refractivity contribution in [1.29, 1.82) is 5.41 Å². The smallest absolute Gasteiger partial charge is 0.123 e. The van der Waals surface area contributed by atoms with Crippen molar-refractivity contribution in [3.05, 3.63) is 40.0 Å². The first kappa shape index (κ1) is 13.3. The number of nitrogens with two attached hydrogens (primary N) is 1. The maximum atomic E-state index is 7.94. The summed E-state index contributed by atoms with van der Waals surface area (Å²) in [6.45, 7) is 4.94. The highest BCUT2D eigenvalue weighted by Crippen LogP contribution is 2.29. The van der Waals surface area contributed by atoms with Gasteiger partial charge in [0.25, 0.3) is 0 Å². The van der Waals surface area contributed by atoms with Crippen LogP contribution in [0.3, 0.4) is 0 Å². The van der Waals surface area contributed by atoms with Crippen LogP contribution in [0.4, 0.5) is 0 Å². The third-order valence-electron chi connectivity index (χ3n) is 3.90. The van der Waals surface area contributed by atoms with Gasteiger partial charge in [-0.3, -0.25) is 15.3 Å². The fraction of sp³-hybridized carbons (Fsp3) is 0.333. The molecule has 2 heterocycles. The molecule has 1 aliphatic rings. The quantitative estimate of drug-likeness (QED) is 0.659. The summed E-state index contributed by atoms with van der Waals surface area (Å²) in [6, 6.07) is 5.58. The van der Waals surface area contributed by atoms with Crippen molar-refractivity contribution >= 4 is 28.3 Å². The molecule has 20 heavy (non-hydrogen) atoms. The number of halogens is 1. The van der Waals surface area contributed by atoms with Crippen LogP contribution in [0.15, 0.2) is 18.2 Å². The Labute approximate surface area is 123 Å². The third kappa shape index (κ3) is 2.15. The minimum atomic E-state index is 0.0915. The van der Waals surface area contributed by atoms with Crippen LogP contribution >= 0.6 is 11.6 Å². The number of hydrogen-bond acceptors (Lipinski definition) is 3. The van der Waals surface area contributed by atoms with Crippen LogP contribution in [-0.4, -0.2) is 28.8 Å². The van der Waals surface area contributed by atoms with E-state index in [9.17, 15) is 0 Å². The molecule has 0 spiro atoms. The Bertz CT molecular complexity index is 696. The molecule has 0 fully saturated rings. The molecular formula is C15H17ClN4. The zero-order chi connectivity index (χ0) is 14.3. The average molecular weight is 289 g/mol. The zero-order valence-corrected chi connectivity index (χ0v) is 12.2. The number of nitrogens with one attached hydrogen (secondary N) is 1. The van der Waals surface area contributed by atoms with Crippen molar-refractivity contribution in [3.8, 4) is 0 Å². The highest BCUT2D eigenvalue weighted by molar-refractivity contribution is 6.31. The second-order valence-electron chi connectivity index (χ2n) is 5.11. The number of amidine groups is 1. The Kier molecular flexibility index (Phi) is 3.36. The largest absolute Gasteiger partial charge is 0.384 e. The lowest BCUT2D eigenvalue weighted by Gasteiger charge is -2.29. The van der Waals surface area contributed by atoms with E-state index >= 15 is 0 Å². The van der Waals surface area contributed by atoms with Gasteiger partial charge in [-0.05, 0) is 30.3 Å². The number of fused-ring (bicyclic) bond motifs is 2. The first-order valence-corrected chi connectivity index (χ1v) is 7.15. The van der Waals surface area contributed by atoms with Crippen molar-refractivity contribution in [1.82, 2.24) is 9.88 Å². The number of nitrogen functional groups attached to an aromatic ring is 1. The summed E-state index contributed by atoms with van der Waals surface area (Å²) < 4.78 is 0. The molecule has 104 valence electrons. The summed E-state index contributed by atoms with van der Waals surface area (Å²) in [6.07, 6.45) is 0.905. The van der Waals surface area contributed by atoms with Crippen LogP contribution in [0.1, 0.15) is 23.7 Å². The summed E-state index contributed by atoms with van der Waals surface area (Å²) in [5, 5.41) is 9.46. The van der Waals surface area contributed by atoms with E-state index in [1.807, 2.05) is 18.2 Å². The summed E-state index contributed by atoms with van der Waals surface area (Å²) >= 11 is 6.08. The van der Waals surface area contributed by atoms with Gasteiger partial charge in [0.05, 0.1) is 5.52 Å². The first-order chi connectivity index (χ1) is 9.60. The molecule has 0 aliphatic carbocycles. The Balaban J connectivity index is 2.30. The second kappa shape index (κ2) is 5.04. The van der Waals surface area contributed by atoms with Crippen LogP contribution in [0.25, 0.3) is 10.9 Å². The van der Waals surface area contributed by atoms with Gasteiger partial charge in [0.1, 0.15) is 5.84 Å². The maximum absolute atomic E-state index is 7.94. The summed E-state index contributed by atoms with van der Waals surface area (Å²) in [4.78, 5) is 7.07. The maximum Gasteiger partial charge on any atom is 0.123 e. The molecular weight excluding hydrogens is 272 g/mol. The van der Waals surface area contributed by atoms with Gasteiger partial charge >= 0.3 is 0 Å². The minimum Gasteiger partial charge on any atom is -0.384 e. The average Bonchev–Trinajstić information content (AvgIpc) is 2.43. The topological polar surface area (TPSA) is 66.0 Å². The van der Waals surface area contributed by atoms with Gasteiger partial charge in [-0.1, -0.05) is 18.5 Å². The fourth-order valence-corrected chi connectivity index (χ4v) is 3.02. The molecule has 0 saturated carbocycles. The molecule has 1 aromatic heterocycles. The first-order valence-electron chi connectivity index (χ1n) is 6.78. The number of pyridine rings is 1. The van der Waals surface area contributed by atoms with E-state index in [1.54, 1.807) is 0 Å². The standard InChI is InChI=1S/C15H17ClN4/c1-2-20-6-5-13-11(8-20)14(15(17)18)10-7-9(16)3-4-12(10)19-13/h3-4,7H,2,5-6,8H2,1H3,(H3,17,18). The van der Waals surface area contributed by atoms with E-state index in [-0.39, 0.29) is 5.84 Å². The molecule has 0 bridgehead atoms. The molecule has 2 aromatic rings. The Morgan fingerprint density at radius 3 is 3.00 bits per heavy atom. The lowest BCUT2D eigenvalue weighted by atomic mass is 9.95. The summed E-state index contributed by atoms with van der Waals surface area (Å²) in [5.41, 5.74) is 9.64. The Morgan fingerprint density at radius 2 is 2.30 bits per heavy atom. The Morgan fingerprint density at radius 1 is 1.50 bits per heavy atom. The summed E-state index contributed by atoms with van der Waals surface area (Å²) in [7, 11) is 0. The number of rotatable bonds is 2. The van der Waals surface area contributed by atoms with E-state index < -0.39 is 0 Å². The zero-order valence-electron chi connectivity index (χ0n) is 11.4. The molecule has 3 rings (SSSR count). The van der Waals surface area contributed by atoms with Crippen LogP contribution in [0, 0.1) is 5.41 Å². The number of likely N-dealkylation sites (N-methyl/N-ethyl adjacent to an activating group) is 1. The van der Waals surface area contributed by atoms with E-state index in [2.05, 4.69) is 11.8 Å². The molecule has 0 atom stereocenters. The number of nitrogens with zero attached hydrogens (tertiary/aromatic N) is 2. The van der Waals surface area contributed by atoms with E-state index in [0.717, 1.165) is 53.8 Å². The van der Waals surface area contributed by atoms with Gasteiger partial charge in [0.2, 0.25) is 0 Å². The molecule has 0 unspecified atom stereocenters. The SMILES string of the molecule is CCN1CCc2nc3ccc(Cl)cc3c(C(=N)N)c2C1. The summed E-state index contributed by atoms with van der Waals surface area (Å²) in [5.74, 6) is 0.0915. The Hall–Kier alpha value is -1.65. The van der Waals surface area contributed by atoms with Crippen molar-refractivity contribution in [3.63, 3.8) is 0 Å². The lowest BCUT2D eigenvalue weighted by molar-refractivity contribution is 0.266. The highest BCUT2D eigenvalue weighted by Gasteiger charge is 2.22. The molecule has 5 heteroatoms. The van der Waals surface area contributed by atoms with Crippen LogP contribution in [-0.2, 0) is 13.0 Å². The van der Waals surface area contributed by atoms with Crippen molar-refractivity contribution < 1.29 is 0 Å². The number of hydrogen-bond donors (Lipinski definition) is 2. The molecule has 1 aliphatic heterocycles. The molecule has 0 amide bonds. The molecule has 3 N–H and O–H groups in total. The van der Waals surface area contributed by atoms with E-state index in [4.69, 9.17) is 27.7 Å². The molecule has 4 nitrogen and oxygen atoms in total. The normalized spacial score (nSPS) is 15.3. The van der Waals surface area contributed by atoms with Crippen molar-refractivity contribution in [2.75, 3.05) is 13.1 Å². The van der Waals surface area contributed by atoms with Gasteiger partial charge < -0.3 is 5.73 Å². The second-order valence-corrected chi connectivity index (χ2v) is 5.54. The number of benzene rings is 1. The lowest BCUT2D eigenvalue weighted by Crippen LogP contribution is -2.33. The van der Waals surface area contributed by atoms with Gasteiger partial charge in [0, 0.05) is 41.2 Å². The molecule has 1 aromatic carbocycles. The van der Waals surface area contributed by atoms with Gasteiger partial charge in [0.15, 0.2) is 0 Å². The predicted octanol–water partition coefficient (Wildman–Crippen LogP) is 2.55. The molecule has 0 radical (unpaired) electrons. The minimum absolute atomic E-state index is 0.0915. The molecule has 0 saturated heterocycles. The van der Waals surface area contributed by atoms with Crippen molar-refractivity contribution in [2.45, 2.75) is 19.9 Å². The monoisotopic (exact) mass is 288 g/mol. The van der Waals surface area contributed by atoms with E-state index in [1.165, 1.54) is 0 Å². The van der Waals surface area contributed by atoms with Crippen LogP contribution < -0.4 is 5.73 Å². The van der Waals surface area contributed by atoms with Gasteiger partial charge in [-0.2, -0.15) is 0 Å². The third-order valence-corrected chi connectivity index (χ3v) is 4.13. The highest BCUT2D eigenvalue weighted by atomic mass is 35.5. The fourth-order valence-electron chi connectivity index (χ4n) is 2.85. The van der Waals surface area contributed by atoms with Crippen LogP contribution in [0.2, 0.25) is 5.02 Å². The van der Waals surface area contributed by atoms with Gasteiger partial charge in [-0.15, -0.1) is 0 Å². The van der Waals surface area contributed by atoms with Gasteiger partial charge in [-0.25, -0.2) is 0 Å². The predicted molar refractivity (Wildman–Crippen MR) is 82.4 cm³/mol. The number of aromatic nitrogens is 1. The van der Waals surface area contributed by atoms with Crippen LogP contribution in [0.5, 0.6) is 0 Å².